The molecule has 1 heterocycles. The second kappa shape index (κ2) is 9.83. The van der Waals surface area contributed by atoms with E-state index < -0.39 is 10.0 Å². The molecule has 1 aliphatic rings. The second-order valence-corrected chi connectivity index (χ2v) is 10.1. The van der Waals surface area contributed by atoms with Crippen molar-refractivity contribution in [3.8, 4) is 11.5 Å². The molecule has 168 valence electrons. The van der Waals surface area contributed by atoms with E-state index in [4.69, 9.17) is 44.3 Å². The minimum Gasteiger partial charge on any atom is -0.497 e. The Morgan fingerprint density at radius 1 is 1.00 bits per heavy atom. The SMILES string of the molecule is COc1ccc(OC)c(S(=O)(=O)N2CCC(C(=O)Nc3cc(Cl)c(Cl)cc3Cl)CC2)c1. The molecular formula is C20H21Cl3N2O5S. The number of hydrogen-bond donors (Lipinski definition) is 1. The molecule has 1 N–H and O–H groups in total. The monoisotopic (exact) mass is 506 g/mol. The maximum Gasteiger partial charge on any atom is 0.246 e. The van der Waals surface area contributed by atoms with E-state index in [0.29, 0.717) is 24.3 Å². The molecule has 0 aliphatic carbocycles. The van der Waals surface area contributed by atoms with Gasteiger partial charge in [0.25, 0.3) is 0 Å². The van der Waals surface area contributed by atoms with Gasteiger partial charge in [0, 0.05) is 25.1 Å². The standard InChI is InChI=1S/C20H21Cl3N2O5S/c1-29-13-3-4-18(30-2)19(9-13)31(27,28)25-7-5-12(6-8-25)20(26)24-17-11-15(22)14(21)10-16(17)23/h3-4,9-12H,5-8H2,1-2H3,(H,24,26). The van der Waals surface area contributed by atoms with Crippen molar-refractivity contribution in [3.63, 3.8) is 0 Å². The molecule has 1 fully saturated rings. The summed E-state index contributed by atoms with van der Waals surface area (Å²) in [6.07, 6.45) is 0.715. The topological polar surface area (TPSA) is 84.9 Å². The zero-order valence-electron chi connectivity index (χ0n) is 16.8. The number of rotatable bonds is 6. The van der Waals surface area contributed by atoms with Gasteiger partial charge in [0.05, 0.1) is 35.0 Å². The molecule has 2 aromatic carbocycles. The van der Waals surface area contributed by atoms with Gasteiger partial charge < -0.3 is 14.8 Å². The Kier molecular flexibility index (Phi) is 7.59. The Morgan fingerprint density at radius 3 is 2.26 bits per heavy atom. The highest BCUT2D eigenvalue weighted by Crippen LogP contribution is 2.35. The van der Waals surface area contributed by atoms with Gasteiger partial charge in [-0.3, -0.25) is 4.79 Å². The number of carbonyl (C=O) groups excluding carboxylic acids is 1. The maximum atomic E-state index is 13.2. The van der Waals surface area contributed by atoms with Crippen LogP contribution in [0.1, 0.15) is 12.8 Å². The fourth-order valence-electron chi connectivity index (χ4n) is 3.34. The minimum absolute atomic E-state index is 0.0276. The Balaban J connectivity index is 1.70. The largest absolute Gasteiger partial charge is 0.497 e. The highest BCUT2D eigenvalue weighted by molar-refractivity contribution is 7.89. The van der Waals surface area contributed by atoms with Gasteiger partial charge in [-0.15, -0.1) is 0 Å². The molecule has 0 aromatic heterocycles. The predicted octanol–water partition coefficient (Wildman–Crippen LogP) is 4.70. The smallest absolute Gasteiger partial charge is 0.246 e. The van der Waals surface area contributed by atoms with Crippen LogP contribution in [0, 0.1) is 5.92 Å². The summed E-state index contributed by atoms with van der Waals surface area (Å²) < 4.78 is 38.0. The van der Waals surface area contributed by atoms with Crippen LogP contribution < -0.4 is 14.8 Å². The van der Waals surface area contributed by atoms with Crippen molar-refractivity contribution >= 4 is 56.4 Å². The summed E-state index contributed by atoms with van der Waals surface area (Å²) in [6.45, 7) is 0.381. The van der Waals surface area contributed by atoms with Gasteiger partial charge >= 0.3 is 0 Å². The van der Waals surface area contributed by atoms with E-state index in [0.717, 1.165) is 0 Å². The zero-order chi connectivity index (χ0) is 22.8. The number of nitrogens with one attached hydrogen (secondary N) is 1. The van der Waals surface area contributed by atoms with Crippen LogP contribution >= 0.6 is 34.8 Å². The van der Waals surface area contributed by atoms with Crippen LogP contribution in [0.2, 0.25) is 15.1 Å². The van der Waals surface area contributed by atoms with Crippen LogP contribution in [0.4, 0.5) is 5.69 Å². The third-order valence-corrected chi connectivity index (χ3v) is 8.04. The summed E-state index contributed by atoms with van der Waals surface area (Å²) in [5.74, 6) is 0.0162. The van der Waals surface area contributed by atoms with Gasteiger partial charge in [-0.05, 0) is 37.1 Å². The molecule has 0 saturated carbocycles. The van der Waals surface area contributed by atoms with E-state index in [1.807, 2.05) is 0 Å². The van der Waals surface area contributed by atoms with E-state index >= 15 is 0 Å². The summed E-state index contributed by atoms with van der Waals surface area (Å²) in [5, 5.41) is 3.58. The zero-order valence-corrected chi connectivity index (χ0v) is 19.9. The average Bonchev–Trinajstić information content (AvgIpc) is 2.77. The van der Waals surface area contributed by atoms with E-state index in [9.17, 15) is 13.2 Å². The molecule has 11 heteroatoms. The molecule has 3 rings (SSSR count). The number of nitrogens with zero attached hydrogens (tertiary/aromatic N) is 1. The molecule has 7 nitrogen and oxygen atoms in total. The predicted molar refractivity (Wildman–Crippen MR) is 121 cm³/mol. The van der Waals surface area contributed by atoms with Crippen molar-refractivity contribution in [2.45, 2.75) is 17.7 Å². The van der Waals surface area contributed by atoms with Crippen LogP contribution in [-0.2, 0) is 14.8 Å². The number of halogens is 3. The third kappa shape index (κ3) is 5.21. The molecule has 1 saturated heterocycles. The van der Waals surface area contributed by atoms with E-state index in [-0.39, 0.29) is 50.6 Å². The summed E-state index contributed by atoms with van der Waals surface area (Å²) in [7, 11) is -0.950. The van der Waals surface area contributed by atoms with E-state index in [2.05, 4.69) is 5.32 Å². The lowest BCUT2D eigenvalue weighted by Gasteiger charge is -2.31. The third-order valence-electron chi connectivity index (χ3n) is 5.08. The minimum atomic E-state index is -3.82. The first-order valence-electron chi connectivity index (χ1n) is 9.35. The van der Waals surface area contributed by atoms with Crippen LogP contribution in [0.15, 0.2) is 35.2 Å². The number of piperidine rings is 1. The van der Waals surface area contributed by atoms with Gasteiger partial charge in [0.1, 0.15) is 16.4 Å². The molecule has 0 bridgehead atoms. The molecular weight excluding hydrogens is 487 g/mol. The van der Waals surface area contributed by atoms with E-state index in [1.165, 1.54) is 36.7 Å². The van der Waals surface area contributed by atoms with Gasteiger partial charge in [-0.25, -0.2) is 8.42 Å². The maximum absolute atomic E-state index is 13.2. The Labute approximate surface area is 196 Å². The molecule has 0 unspecified atom stereocenters. The number of sulfonamides is 1. The number of carbonyl (C=O) groups is 1. The lowest BCUT2D eigenvalue weighted by atomic mass is 9.97. The summed E-state index contributed by atoms with van der Waals surface area (Å²) in [4.78, 5) is 12.7. The number of amides is 1. The van der Waals surface area contributed by atoms with Crippen molar-refractivity contribution in [3.05, 3.63) is 45.4 Å². The summed E-state index contributed by atoms with van der Waals surface area (Å²) in [5.41, 5.74) is 0.359. The number of ether oxygens (including phenoxy) is 2. The van der Waals surface area contributed by atoms with Crippen molar-refractivity contribution < 1.29 is 22.7 Å². The van der Waals surface area contributed by atoms with E-state index in [1.54, 1.807) is 12.1 Å². The van der Waals surface area contributed by atoms with Crippen molar-refractivity contribution in [1.29, 1.82) is 0 Å². The molecule has 31 heavy (non-hydrogen) atoms. The number of hydrogen-bond acceptors (Lipinski definition) is 5. The van der Waals surface area contributed by atoms with Crippen LogP contribution in [-0.4, -0.2) is 45.9 Å². The Morgan fingerprint density at radius 2 is 1.65 bits per heavy atom. The molecule has 2 aromatic rings. The fraction of sp³-hybridized carbons (Fsp3) is 0.350. The van der Waals surface area contributed by atoms with Crippen LogP contribution in [0.3, 0.4) is 0 Å². The molecule has 0 radical (unpaired) electrons. The molecule has 0 atom stereocenters. The van der Waals surface area contributed by atoms with Gasteiger partial charge in [0.2, 0.25) is 15.9 Å². The van der Waals surface area contributed by atoms with Gasteiger partial charge in [-0.1, -0.05) is 34.8 Å². The first-order chi connectivity index (χ1) is 14.7. The van der Waals surface area contributed by atoms with Crippen molar-refractivity contribution in [1.82, 2.24) is 4.31 Å². The lowest BCUT2D eigenvalue weighted by Crippen LogP contribution is -2.41. The van der Waals surface area contributed by atoms with Crippen LogP contribution in [0.5, 0.6) is 11.5 Å². The number of benzene rings is 2. The normalized spacial score (nSPS) is 15.5. The highest BCUT2D eigenvalue weighted by Gasteiger charge is 2.34. The number of anilines is 1. The lowest BCUT2D eigenvalue weighted by molar-refractivity contribution is -0.120. The molecule has 1 amide bonds. The summed E-state index contributed by atoms with van der Waals surface area (Å²) in [6, 6.07) is 7.55. The molecule has 0 spiro atoms. The second-order valence-electron chi connectivity index (χ2n) is 6.93. The Bertz CT molecular complexity index is 1090. The van der Waals surface area contributed by atoms with Gasteiger partial charge in [0.15, 0.2) is 0 Å². The Hall–Kier alpha value is -1.71. The summed E-state index contributed by atoms with van der Waals surface area (Å²) >= 11 is 18.0. The quantitative estimate of drug-likeness (QED) is 0.573. The first kappa shape index (κ1) is 23.9. The van der Waals surface area contributed by atoms with Gasteiger partial charge in [-0.2, -0.15) is 4.31 Å². The first-order valence-corrected chi connectivity index (χ1v) is 11.9. The van der Waals surface area contributed by atoms with Crippen LogP contribution in [0.25, 0.3) is 0 Å². The fourth-order valence-corrected chi connectivity index (χ4v) is 5.57. The average molecular weight is 508 g/mol. The highest BCUT2D eigenvalue weighted by atomic mass is 35.5. The molecule has 1 aliphatic heterocycles. The van der Waals surface area contributed by atoms with Crippen molar-refractivity contribution in [2.24, 2.45) is 5.92 Å². The number of methoxy groups -OCH3 is 2. The van der Waals surface area contributed by atoms with Crippen molar-refractivity contribution in [2.75, 3.05) is 32.6 Å².